The highest BCUT2D eigenvalue weighted by atomic mass is 14.9. The molecular weight excluding hydrogens is 146 g/mol. The van der Waals surface area contributed by atoms with Crippen LogP contribution in [-0.4, -0.2) is 12.1 Å². The first-order valence-electron chi connectivity index (χ1n) is 4.46. The summed E-state index contributed by atoms with van der Waals surface area (Å²) in [5.41, 5.74) is 1.35. The van der Waals surface area contributed by atoms with E-state index in [1.165, 1.54) is 5.57 Å². The van der Waals surface area contributed by atoms with E-state index < -0.39 is 0 Å². The van der Waals surface area contributed by atoms with E-state index in [2.05, 4.69) is 31.5 Å². The topological polar surface area (TPSA) is 12.0 Å². The van der Waals surface area contributed by atoms with Crippen LogP contribution in [0, 0.1) is 0 Å². The minimum absolute atomic E-state index is 0.469. The van der Waals surface area contributed by atoms with Crippen LogP contribution in [0.4, 0.5) is 0 Å². The normalized spacial score (nSPS) is 29.2. The van der Waals surface area contributed by atoms with E-state index in [1.807, 2.05) is 12.2 Å². The molecule has 0 aromatic carbocycles. The summed E-state index contributed by atoms with van der Waals surface area (Å²) in [5, 5.41) is 3.49. The van der Waals surface area contributed by atoms with Crippen molar-refractivity contribution in [2.45, 2.75) is 31.8 Å². The molecule has 1 aliphatic rings. The van der Waals surface area contributed by atoms with Crippen molar-refractivity contribution in [2.24, 2.45) is 0 Å². The molecule has 1 heteroatoms. The Morgan fingerprint density at radius 1 is 1.67 bits per heavy atom. The fourth-order valence-electron chi connectivity index (χ4n) is 1.66. The van der Waals surface area contributed by atoms with Crippen molar-refractivity contribution < 1.29 is 0 Å². The van der Waals surface area contributed by atoms with Crippen molar-refractivity contribution in [1.82, 2.24) is 5.32 Å². The van der Waals surface area contributed by atoms with Gasteiger partial charge in [-0.3, -0.25) is 0 Å². The summed E-state index contributed by atoms with van der Waals surface area (Å²) in [5.74, 6) is 0. The fourth-order valence-corrected chi connectivity index (χ4v) is 1.66. The van der Waals surface area contributed by atoms with Crippen molar-refractivity contribution >= 4 is 0 Å². The summed E-state index contributed by atoms with van der Waals surface area (Å²) >= 11 is 0. The predicted octanol–water partition coefficient (Wildman–Crippen LogP) is 2.43. The average Bonchev–Trinajstić information content (AvgIpc) is 2.04. The molecule has 1 nitrogen and oxygen atoms in total. The Labute approximate surface area is 74.9 Å². The average molecular weight is 163 g/mol. The van der Waals surface area contributed by atoms with E-state index in [4.69, 9.17) is 0 Å². The molecule has 0 aromatic rings. The van der Waals surface area contributed by atoms with Crippen molar-refractivity contribution in [1.29, 1.82) is 0 Å². The van der Waals surface area contributed by atoms with Crippen LogP contribution in [0.15, 0.2) is 37.0 Å². The number of rotatable bonds is 3. The van der Waals surface area contributed by atoms with E-state index >= 15 is 0 Å². The largest absolute Gasteiger partial charge is 0.307 e. The molecule has 1 heterocycles. The predicted molar refractivity (Wildman–Crippen MR) is 54.1 cm³/mol. The van der Waals surface area contributed by atoms with Crippen LogP contribution in [0.5, 0.6) is 0 Å². The van der Waals surface area contributed by atoms with Gasteiger partial charge < -0.3 is 5.32 Å². The van der Waals surface area contributed by atoms with E-state index in [9.17, 15) is 0 Å². The lowest BCUT2D eigenvalue weighted by molar-refractivity contribution is 0.463. The van der Waals surface area contributed by atoms with Crippen LogP contribution in [-0.2, 0) is 0 Å². The molecule has 0 aromatic heterocycles. The maximum Gasteiger partial charge on any atom is 0.0230 e. The van der Waals surface area contributed by atoms with Gasteiger partial charge in [0.05, 0.1) is 0 Å². The van der Waals surface area contributed by atoms with Crippen LogP contribution in [0.1, 0.15) is 19.8 Å². The summed E-state index contributed by atoms with van der Waals surface area (Å²) < 4.78 is 0. The van der Waals surface area contributed by atoms with Gasteiger partial charge in [0.15, 0.2) is 0 Å². The van der Waals surface area contributed by atoms with Gasteiger partial charge in [-0.15, -0.1) is 6.58 Å². The van der Waals surface area contributed by atoms with Gasteiger partial charge in [0, 0.05) is 12.1 Å². The molecule has 1 N–H and O–H groups in total. The van der Waals surface area contributed by atoms with Crippen molar-refractivity contribution in [3.05, 3.63) is 37.0 Å². The van der Waals surface area contributed by atoms with Crippen LogP contribution < -0.4 is 5.32 Å². The summed E-state index contributed by atoms with van der Waals surface area (Å²) in [4.78, 5) is 0. The lowest BCUT2D eigenvalue weighted by Gasteiger charge is -2.26. The molecule has 0 saturated carbocycles. The van der Waals surface area contributed by atoms with Crippen molar-refractivity contribution in [3.8, 4) is 0 Å². The Balaban J connectivity index is 2.58. The highest BCUT2D eigenvalue weighted by Gasteiger charge is 2.15. The van der Waals surface area contributed by atoms with Gasteiger partial charge in [0.2, 0.25) is 0 Å². The first kappa shape index (κ1) is 9.27. The first-order valence-corrected chi connectivity index (χ1v) is 4.46. The summed E-state index contributed by atoms with van der Waals surface area (Å²) in [6.07, 6.45) is 8.27. The van der Waals surface area contributed by atoms with E-state index in [-0.39, 0.29) is 0 Å². The van der Waals surface area contributed by atoms with Gasteiger partial charge in [-0.05, 0) is 25.3 Å². The quantitative estimate of drug-likeness (QED) is 0.630. The third-order valence-corrected chi connectivity index (χ3v) is 2.16. The minimum atomic E-state index is 0.469. The third-order valence-electron chi connectivity index (χ3n) is 2.16. The highest BCUT2D eigenvalue weighted by molar-refractivity contribution is 5.22. The Kier molecular flexibility index (Phi) is 3.30. The van der Waals surface area contributed by atoms with Crippen LogP contribution >= 0.6 is 0 Å². The molecule has 66 valence electrons. The smallest absolute Gasteiger partial charge is 0.0230 e. The zero-order valence-electron chi connectivity index (χ0n) is 7.72. The second-order valence-electron chi connectivity index (χ2n) is 3.33. The maximum absolute atomic E-state index is 3.79. The minimum Gasteiger partial charge on any atom is -0.307 e. The maximum atomic E-state index is 3.79. The molecule has 0 fully saturated rings. The zero-order chi connectivity index (χ0) is 8.97. The molecular formula is C11H17N. The second kappa shape index (κ2) is 4.27. The molecule has 2 atom stereocenters. The summed E-state index contributed by atoms with van der Waals surface area (Å²) in [6.45, 7) is 9.70. The standard InChI is InChI=1S/C11H17N/c1-4-6-11-8-10(5-2)7-9(3)12-11/h4-5,7,9,11-12H,1-2,6,8H2,3H3/t9?,11-/m1/s1. The van der Waals surface area contributed by atoms with Crippen molar-refractivity contribution in [2.75, 3.05) is 0 Å². The molecule has 0 radical (unpaired) electrons. The van der Waals surface area contributed by atoms with Gasteiger partial charge in [0.25, 0.3) is 0 Å². The van der Waals surface area contributed by atoms with E-state index in [1.54, 1.807) is 0 Å². The van der Waals surface area contributed by atoms with Gasteiger partial charge in [-0.2, -0.15) is 0 Å². The van der Waals surface area contributed by atoms with Crippen LogP contribution in [0.3, 0.4) is 0 Å². The lowest BCUT2D eigenvalue weighted by atomic mass is 9.96. The van der Waals surface area contributed by atoms with Crippen LogP contribution in [0.2, 0.25) is 0 Å². The number of allylic oxidation sites excluding steroid dienone is 1. The monoisotopic (exact) mass is 163 g/mol. The number of hydrogen-bond acceptors (Lipinski definition) is 1. The van der Waals surface area contributed by atoms with Gasteiger partial charge in [-0.25, -0.2) is 0 Å². The highest BCUT2D eigenvalue weighted by Crippen LogP contribution is 2.16. The van der Waals surface area contributed by atoms with E-state index in [0.29, 0.717) is 12.1 Å². The molecule has 12 heavy (non-hydrogen) atoms. The van der Waals surface area contributed by atoms with Gasteiger partial charge in [0.1, 0.15) is 0 Å². The molecule has 0 spiro atoms. The molecule has 0 bridgehead atoms. The molecule has 1 rings (SSSR count). The number of hydrogen-bond donors (Lipinski definition) is 1. The third kappa shape index (κ3) is 2.35. The SMILES string of the molecule is C=CC[C@@H]1CC(C=C)=CC(C)N1. The Bertz CT molecular complexity index is 203. The Morgan fingerprint density at radius 2 is 2.42 bits per heavy atom. The molecule has 0 aliphatic carbocycles. The Hall–Kier alpha value is -0.820. The first-order chi connectivity index (χ1) is 5.76. The molecule has 0 amide bonds. The second-order valence-corrected chi connectivity index (χ2v) is 3.33. The Morgan fingerprint density at radius 3 is 3.00 bits per heavy atom. The van der Waals surface area contributed by atoms with Crippen LogP contribution in [0.25, 0.3) is 0 Å². The summed E-state index contributed by atoms with van der Waals surface area (Å²) in [7, 11) is 0. The fraction of sp³-hybridized carbons (Fsp3) is 0.455. The summed E-state index contributed by atoms with van der Waals surface area (Å²) in [6, 6.07) is 1.02. The van der Waals surface area contributed by atoms with Crippen molar-refractivity contribution in [3.63, 3.8) is 0 Å². The van der Waals surface area contributed by atoms with Gasteiger partial charge >= 0.3 is 0 Å². The van der Waals surface area contributed by atoms with Gasteiger partial charge in [-0.1, -0.05) is 24.8 Å². The molecule has 0 saturated heterocycles. The molecule has 1 unspecified atom stereocenters. The van der Waals surface area contributed by atoms with E-state index in [0.717, 1.165) is 12.8 Å². The lowest BCUT2D eigenvalue weighted by Crippen LogP contribution is -2.38. The zero-order valence-corrected chi connectivity index (χ0v) is 7.72. The number of nitrogens with one attached hydrogen (secondary N) is 1. The molecule has 1 aliphatic heterocycles.